The molecule has 1 heterocycles. The highest BCUT2D eigenvalue weighted by atomic mass is 32.1. The van der Waals surface area contributed by atoms with Gasteiger partial charge in [0.2, 0.25) is 0 Å². The van der Waals surface area contributed by atoms with Crippen LogP contribution in [0.2, 0.25) is 0 Å². The van der Waals surface area contributed by atoms with Crippen LogP contribution < -0.4 is 4.87 Å². The van der Waals surface area contributed by atoms with Gasteiger partial charge in [-0.1, -0.05) is 11.3 Å². The van der Waals surface area contributed by atoms with Crippen molar-refractivity contribution in [3.8, 4) is 0 Å². The van der Waals surface area contributed by atoms with Crippen molar-refractivity contribution in [2.75, 3.05) is 0 Å². The van der Waals surface area contributed by atoms with E-state index in [1.54, 1.807) is 11.6 Å². The van der Waals surface area contributed by atoms with Crippen molar-refractivity contribution in [1.29, 1.82) is 0 Å². The Hall–Kier alpha value is -0.570. The largest absolute Gasteiger partial charge is 0.319 e. The summed E-state index contributed by atoms with van der Waals surface area (Å²) in [6.45, 7) is 0. The first-order chi connectivity index (χ1) is 2.89. The van der Waals surface area contributed by atoms with Gasteiger partial charge in [0.25, 0.3) is 0 Å². The first-order valence-electron chi connectivity index (χ1n) is 1.52. The zero-order chi connectivity index (χ0) is 4.41. The lowest BCUT2D eigenvalue weighted by Gasteiger charge is -1.49. The molecule has 1 aromatic heterocycles. The average Bonchev–Trinajstić information content (AvgIpc) is 1.86. The fourth-order valence-electron chi connectivity index (χ4n) is 0.232. The smallest absolute Gasteiger partial charge is 0.304 e. The summed E-state index contributed by atoms with van der Waals surface area (Å²) in [5, 5.41) is 1.71. The van der Waals surface area contributed by atoms with Crippen molar-refractivity contribution in [2.24, 2.45) is 0 Å². The fourth-order valence-corrected chi connectivity index (χ4v) is 0.628. The quantitative estimate of drug-likeness (QED) is 0.514. The zero-order valence-corrected chi connectivity index (χ0v) is 3.79. The molecule has 0 saturated heterocycles. The molecule has 6 heavy (non-hydrogen) atoms. The van der Waals surface area contributed by atoms with Gasteiger partial charge < -0.3 is 4.98 Å². The monoisotopic (exact) mass is 103 g/mol. The van der Waals surface area contributed by atoms with Gasteiger partial charge in [-0.15, -0.1) is 0 Å². The van der Waals surface area contributed by atoms with Gasteiger partial charge in [0.1, 0.15) is 0 Å². The summed E-state index contributed by atoms with van der Waals surface area (Å²) < 4.78 is 0. The number of nitrogens with one attached hydrogen (secondary N) is 1. The van der Waals surface area contributed by atoms with Crippen LogP contribution in [-0.2, 0) is 0 Å². The Morgan fingerprint density at radius 3 is 3.00 bits per heavy atom. The minimum atomic E-state index is 0. The van der Waals surface area contributed by atoms with Crippen molar-refractivity contribution in [3.05, 3.63) is 21.2 Å². The van der Waals surface area contributed by atoms with E-state index in [2.05, 4.69) is 4.98 Å². The van der Waals surface area contributed by atoms with E-state index in [9.17, 15) is 4.79 Å². The van der Waals surface area contributed by atoms with Crippen LogP contribution in [0.5, 0.6) is 0 Å². The molecule has 0 bridgehead atoms. The molecular weight excluding hydrogens is 98.1 g/mol. The number of aromatic amines is 1. The highest BCUT2D eigenvalue weighted by molar-refractivity contribution is 7.07. The van der Waals surface area contributed by atoms with E-state index in [1.165, 1.54) is 11.3 Å². The summed E-state index contributed by atoms with van der Waals surface area (Å²) in [7, 11) is 0. The van der Waals surface area contributed by atoms with Crippen LogP contribution >= 0.6 is 11.3 Å². The second-order valence-electron chi connectivity index (χ2n) is 0.852. The van der Waals surface area contributed by atoms with E-state index in [-0.39, 0.29) is 6.30 Å². The molecule has 0 spiro atoms. The van der Waals surface area contributed by atoms with Gasteiger partial charge >= 0.3 is 4.87 Å². The third-order valence-electron chi connectivity index (χ3n) is 0.444. The Morgan fingerprint density at radius 1 is 2.00 bits per heavy atom. The molecule has 1 N–H and O–H groups in total. The molecule has 0 amide bonds. The van der Waals surface area contributed by atoms with Crippen molar-refractivity contribution >= 4 is 11.3 Å². The van der Waals surface area contributed by atoms with Crippen molar-refractivity contribution < 1.29 is 1.43 Å². The summed E-state index contributed by atoms with van der Waals surface area (Å²) in [4.78, 5) is 12.5. The van der Waals surface area contributed by atoms with Gasteiger partial charge in [-0.25, -0.2) is 0 Å². The van der Waals surface area contributed by atoms with Gasteiger partial charge in [0, 0.05) is 13.0 Å². The first-order valence-corrected chi connectivity index (χ1v) is 2.40. The third-order valence-corrected chi connectivity index (χ3v) is 1.05. The molecule has 3 heteroatoms. The van der Waals surface area contributed by atoms with E-state index < -0.39 is 0 Å². The van der Waals surface area contributed by atoms with Crippen LogP contribution in [0.25, 0.3) is 0 Å². The second-order valence-corrected chi connectivity index (χ2v) is 1.73. The molecule has 0 atom stereocenters. The molecule has 0 saturated carbocycles. The predicted molar refractivity (Wildman–Crippen MR) is 27.1 cm³/mol. The Balaban J connectivity index is 0.000000360. The van der Waals surface area contributed by atoms with Crippen LogP contribution in [0.4, 0.5) is 0 Å². The summed E-state index contributed by atoms with van der Waals surface area (Å²) in [5.74, 6) is 0. The number of hydrogen-bond donors (Lipinski definition) is 1. The van der Waals surface area contributed by atoms with Crippen LogP contribution in [-0.4, -0.2) is 4.98 Å². The van der Waals surface area contributed by atoms with E-state index >= 15 is 0 Å². The average molecular weight is 103 g/mol. The van der Waals surface area contributed by atoms with Crippen molar-refractivity contribution in [3.63, 3.8) is 0 Å². The van der Waals surface area contributed by atoms with Crippen LogP contribution in [0.1, 0.15) is 1.43 Å². The number of aromatic nitrogens is 1. The Kier molecular flexibility index (Phi) is 0.759. The van der Waals surface area contributed by atoms with Gasteiger partial charge in [-0.2, -0.15) is 0 Å². The van der Waals surface area contributed by atoms with Crippen LogP contribution in [0.15, 0.2) is 16.4 Å². The Bertz CT molecular complexity index is 153. The predicted octanol–water partition coefficient (Wildman–Crippen LogP) is 0.682. The van der Waals surface area contributed by atoms with Gasteiger partial charge in [-0.3, -0.25) is 4.79 Å². The summed E-state index contributed by atoms with van der Waals surface area (Å²) >= 11 is 1.17. The molecule has 0 aliphatic carbocycles. The van der Waals surface area contributed by atoms with Gasteiger partial charge in [-0.05, 0) is 0 Å². The standard InChI is InChI=1S/C3H3NOS.H2/c5-3-4-1-2-6-3;/h1-2H,(H,4,5);1H. The van der Waals surface area contributed by atoms with Crippen LogP contribution in [0, 0.1) is 0 Å². The minimum absolute atomic E-state index is 0. The van der Waals surface area contributed by atoms with E-state index in [0.29, 0.717) is 0 Å². The minimum Gasteiger partial charge on any atom is -0.319 e. The highest BCUT2D eigenvalue weighted by Crippen LogP contribution is 1.76. The number of hydrogen-bond acceptors (Lipinski definition) is 2. The molecule has 1 rings (SSSR count). The molecule has 0 unspecified atom stereocenters. The molecule has 0 fully saturated rings. The zero-order valence-electron chi connectivity index (χ0n) is 2.97. The third kappa shape index (κ3) is 0.490. The molecule has 2 nitrogen and oxygen atoms in total. The lowest BCUT2D eigenvalue weighted by Crippen LogP contribution is -1.87. The molecule has 0 aliphatic heterocycles. The molecular formula is C3H5NOS. The highest BCUT2D eigenvalue weighted by Gasteiger charge is 1.72. The second kappa shape index (κ2) is 1.26. The SMILES string of the molecule is O=c1[nH]ccs1.[HH]. The summed E-state index contributed by atoms with van der Waals surface area (Å²) in [6, 6.07) is 0. The Labute approximate surface area is 39.9 Å². The summed E-state index contributed by atoms with van der Waals surface area (Å²) in [6.07, 6.45) is 1.62. The van der Waals surface area contributed by atoms with E-state index in [4.69, 9.17) is 0 Å². The molecule has 0 aromatic carbocycles. The van der Waals surface area contributed by atoms with E-state index in [1.807, 2.05) is 0 Å². The van der Waals surface area contributed by atoms with Gasteiger partial charge in [0.05, 0.1) is 0 Å². The van der Waals surface area contributed by atoms with Gasteiger partial charge in [0.15, 0.2) is 0 Å². The van der Waals surface area contributed by atoms with Crippen molar-refractivity contribution in [1.82, 2.24) is 4.98 Å². The molecule has 1 aromatic rings. The normalized spacial score (nSPS) is 8.67. The topological polar surface area (TPSA) is 32.9 Å². The lowest BCUT2D eigenvalue weighted by molar-refractivity contribution is 1.35. The number of rotatable bonds is 0. The van der Waals surface area contributed by atoms with E-state index in [0.717, 1.165) is 0 Å². The Morgan fingerprint density at radius 2 is 2.83 bits per heavy atom. The first kappa shape index (κ1) is 3.61. The number of H-pyrrole nitrogens is 1. The maximum atomic E-state index is 10.0. The maximum absolute atomic E-state index is 10.0. The lowest BCUT2D eigenvalue weighted by atomic mass is 11.0. The molecule has 0 radical (unpaired) electrons. The van der Waals surface area contributed by atoms with Crippen molar-refractivity contribution in [2.45, 2.75) is 0 Å². The summed E-state index contributed by atoms with van der Waals surface area (Å²) in [5.41, 5.74) is 0. The molecule has 0 aliphatic rings. The fraction of sp³-hybridized carbons (Fsp3) is 0. The maximum Gasteiger partial charge on any atom is 0.304 e. The molecule has 34 valence electrons. The number of thiazole rings is 1. The van der Waals surface area contributed by atoms with Crippen LogP contribution in [0.3, 0.4) is 0 Å².